The molecule has 0 atom stereocenters. The summed E-state index contributed by atoms with van der Waals surface area (Å²) in [5.74, 6) is 0.278. The zero-order valence-electron chi connectivity index (χ0n) is 24.7. The number of nitrogens with zero attached hydrogens (tertiary/aromatic N) is 4. The molecule has 2 radical (unpaired) electrons. The van der Waals surface area contributed by atoms with E-state index in [4.69, 9.17) is 40.1 Å². The van der Waals surface area contributed by atoms with E-state index in [9.17, 15) is 10.2 Å². The van der Waals surface area contributed by atoms with Gasteiger partial charge in [-0.25, -0.2) is 0 Å². The maximum absolute atomic E-state index is 12.0. The number of benzene rings is 4. The van der Waals surface area contributed by atoms with Crippen molar-refractivity contribution in [3.05, 3.63) is 104 Å². The van der Waals surface area contributed by atoms with Crippen molar-refractivity contribution in [2.75, 3.05) is 52.6 Å². The van der Waals surface area contributed by atoms with Crippen LogP contribution in [-0.2, 0) is 56.7 Å². The molecule has 6 rings (SSSR count). The van der Waals surface area contributed by atoms with Crippen molar-refractivity contribution >= 4 is 21.5 Å². The van der Waals surface area contributed by atoms with Crippen molar-refractivity contribution in [1.82, 2.24) is 9.80 Å². The number of rotatable bonds is 4. The monoisotopic (exact) mass is 738 g/mol. The summed E-state index contributed by atoms with van der Waals surface area (Å²) in [7, 11) is 0. The quantitative estimate of drug-likeness (QED) is 0.127. The third-order valence-electron chi connectivity index (χ3n) is 6.97. The van der Waals surface area contributed by atoms with Crippen LogP contribution >= 0.6 is 0 Å². The maximum Gasteiger partial charge on any atom is 2.00 e. The Bertz CT molecular complexity index is 1400. The van der Waals surface area contributed by atoms with Gasteiger partial charge in [-0.1, -0.05) is 72.8 Å². The molecule has 0 aliphatic carbocycles. The van der Waals surface area contributed by atoms with E-state index in [-0.39, 0.29) is 45.6 Å². The fourth-order valence-corrected chi connectivity index (χ4v) is 4.92. The van der Waals surface area contributed by atoms with Crippen LogP contribution in [0.5, 0.6) is 11.5 Å². The predicted octanol–water partition coefficient (Wildman–Crippen LogP) is 1.29. The summed E-state index contributed by atoms with van der Waals surface area (Å²) < 4.78 is 10.7. The molecule has 4 aromatic carbocycles. The molecule has 254 valence electrons. The molecule has 0 saturated carbocycles. The first-order valence-corrected chi connectivity index (χ1v) is 13.8. The minimum absolute atomic E-state index is 0. The summed E-state index contributed by atoms with van der Waals surface area (Å²) >= 11 is 0. The van der Waals surface area contributed by atoms with Gasteiger partial charge in [0.25, 0.3) is 0 Å². The third-order valence-corrected chi connectivity index (χ3v) is 6.97. The third kappa shape index (κ3) is 13.3. The van der Waals surface area contributed by atoms with Crippen LogP contribution in [0.4, 0.5) is 0 Å². The van der Waals surface area contributed by atoms with Crippen molar-refractivity contribution in [2.24, 2.45) is 0 Å². The number of hydrogen-bond acceptors (Lipinski definition) is 10. The van der Waals surface area contributed by atoms with Crippen molar-refractivity contribution in [3.8, 4) is 11.5 Å². The summed E-state index contributed by atoms with van der Waals surface area (Å²) in [5, 5.41) is 53.6. The van der Waals surface area contributed by atoms with Crippen LogP contribution in [0.2, 0.25) is 0 Å². The van der Waals surface area contributed by atoms with Gasteiger partial charge in [0.05, 0.1) is 26.4 Å². The Morgan fingerprint density at radius 2 is 0.891 bits per heavy atom. The van der Waals surface area contributed by atoms with E-state index in [1.165, 1.54) is 0 Å². The van der Waals surface area contributed by atoms with E-state index in [1.54, 1.807) is 12.1 Å². The first kappa shape index (κ1) is 40.3. The first-order chi connectivity index (χ1) is 21.2. The Morgan fingerprint density at radius 3 is 1.22 bits per heavy atom. The topological polar surface area (TPSA) is 203 Å². The molecule has 0 amide bonds. The minimum atomic E-state index is -1.25. The molecule has 2 aliphatic heterocycles. The standard InChI is InChI=1S/2C15H17NO2.2Cu.2HNO3/c2*17-15-6-5-12-3-1-2-4-13(12)14(15)11-16-7-9-18-10-8-16;;;2*2-1(3)4/h2*1-6,17H,7-11H2;;;2*(H,2,3,4)/q;;2*+2;;. The van der Waals surface area contributed by atoms with E-state index < -0.39 is 10.2 Å². The van der Waals surface area contributed by atoms with E-state index >= 15 is 0 Å². The second-order valence-corrected chi connectivity index (χ2v) is 9.82. The summed E-state index contributed by atoms with van der Waals surface area (Å²) in [4.78, 5) is 21.5. The number of morpholine rings is 2. The Balaban J connectivity index is 0.000000361. The zero-order valence-corrected chi connectivity index (χ0v) is 26.5. The molecule has 0 bridgehead atoms. The second-order valence-electron chi connectivity index (χ2n) is 9.82. The maximum atomic E-state index is 12.0. The average Bonchev–Trinajstić information content (AvgIpc) is 3.01. The number of ether oxygens (including phenoxy) is 2. The van der Waals surface area contributed by atoms with E-state index in [0.29, 0.717) is 0 Å². The van der Waals surface area contributed by atoms with Crippen LogP contribution in [0.1, 0.15) is 11.1 Å². The largest absolute Gasteiger partial charge is 2.00 e. The van der Waals surface area contributed by atoms with E-state index in [2.05, 4.69) is 21.9 Å². The summed E-state index contributed by atoms with van der Waals surface area (Å²) in [6.45, 7) is 8.12. The SMILES string of the molecule is O=[N+]([O-])[OH2+].O=[N+]([O-])[OH2+].[Cu+2].[Cu+2].[O-]c1ccc2ccccc2c1CN1CCOCC1.[O-]c1ccc2ccccc2c1CN1CCOCC1. The van der Waals surface area contributed by atoms with Gasteiger partial charge < -0.3 is 30.1 Å². The van der Waals surface area contributed by atoms with Gasteiger partial charge in [0, 0.05) is 39.3 Å². The Kier molecular flexibility index (Phi) is 18.5. The van der Waals surface area contributed by atoms with Crippen LogP contribution < -0.4 is 10.2 Å². The molecule has 2 aliphatic rings. The summed E-state index contributed by atoms with van der Waals surface area (Å²) in [6.07, 6.45) is 0. The normalized spacial score (nSPS) is 14.4. The molecule has 4 aromatic rings. The Hall–Kier alpha value is -3.72. The zero-order chi connectivity index (χ0) is 31.9. The van der Waals surface area contributed by atoms with Crippen LogP contribution in [0, 0.1) is 20.2 Å². The van der Waals surface area contributed by atoms with Crippen molar-refractivity contribution in [3.63, 3.8) is 0 Å². The fraction of sp³-hybridized carbons (Fsp3) is 0.333. The van der Waals surface area contributed by atoms with Gasteiger partial charge in [-0.2, -0.15) is 0 Å². The van der Waals surface area contributed by atoms with Crippen LogP contribution in [0.15, 0.2) is 72.8 Å². The molecular formula is C30H36Cu2N4O10+4. The van der Waals surface area contributed by atoms with Gasteiger partial charge in [-0.05, 0) is 32.7 Å². The van der Waals surface area contributed by atoms with Gasteiger partial charge in [-0.3, -0.25) is 9.80 Å². The summed E-state index contributed by atoms with van der Waals surface area (Å²) in [6, 6.07) is 23.3. The van der Waals surface area contributed by atoms with Gasteiger partial charge in [0.1, 0.15) is 20.2 Å². The van der Waals surface area contributed by atoms with E-state index in [0.717, 1.165) is 98.4 Å². The second kappa shape index (κ2) is 21.1. The molecule has 2 heterocycles. The number of hydrogen-bond donors (Lipinski definition) is 0. The number of fused-ring (bicyclic) bond motifs is 2. The van der Waals surface area contributed by atoms with Gasteiger partial charge in [-0.15, -0.1) is 11.5 Å². The molecule has 2 saturated heterocycles. The average molecular weight is 740 g/mol. The Labute approximate surface area is 286 Å². The molecule has 46 heavy (non-hydrogen) atoms. The van der Waals surface area contributed by atoms with Crippen molar-refractivity contribution in [2.45, 2.75) is 13.1 Å². The van der Waals surface area contributed by atoms with E-state index in [1.807, 2.05) is 48.5 Å². The van der Waals surface area contributed by atoms with Crippen LogP contribution in [0.3, 0.4) is 0 Å². The van der Waals surface area contributed by atoms with Crippen molar-refractivity contribution < 1.29 is 74.4 Å². The van der Waals surface area contributed by atoms with Gasteiger partial charge in [0.2, 0.25) is 0 Å². The molecule has 0 spiro atoms. The molecule has 0 unspecified atom stereocenters. The first-order valence-electron chi connectivity index (χ1n) is 13.8. The van der Waals surface area contributed by atoms with Crippen molar-refractivity contribution in [1.29, 1.82) is 0 Å². The minimum Gasteiger partial charge on any atom is -0.872 e. The molecule has 2 fully saturated rings. The molecule has 4 N–H and O–H groups in total. The molecular weight excluding hydrogens is 703 g/mol. The Morgan fingerprint density at radius 1 is 0.587 bits per heavy atom. The van der Waals surface area contributed by atoms with Crippen LogP contribution in [-0.4, -0.2) is 83.0 Å². The molecule has 16 heteroatoms. The predicted molar refractivity (Wildman–Crippen MR) is 160 cm³/mol. The van der Waals surface area contributed by atoms with Gasteiger partial charge >= 0.3 is 44.3 Å². The molecule has 14 nitrogen and oxygen atoms in total. The fourth-order valence-electron chi connectivity index (χ4n) is 4.92. The van der Waals surface area contributed by atoms with Gasteiger partial charge in [0.15, 0.2) is 0 Å². The molecule has 0 aromatic heterocycles. The summed E-state index contributed by atoms with van der Waals surface area (Å²) in [5.41, 5.74) is 1.82. The smallest absolute Gasteiger partial charge is 0.872 e. The van der Waals surface area contributed by atoms with Crippen LogP contribution in [0.25, 0.3) is 21.5 Å².